The van der Waals surface area contributed by atoms with E-state index >= 15 is 0 Å². The van der Waals surface area contributed by atoms with E-state index in [1.165, 1.54) is 5.69 Å². The fraction of sp³-hybridized carbons (Fsp3) is 0.348. The maximum Gasteiger partial charge on any atom is 0.156 e. The summed E-state index contributed by atoms with van der Waals surface area (Å²) >= 11 is 0. The zero-order chi connectivity index (χ0) is 20.5. The van der Waals surface area contributed by atoms with E-state index in [1.807, 2.05) is 32.0 Å². The van der Waals surface area contributed by atoms with Crippen LogP contribution in [-0.2, 0) is 6.54 Å². The van der Waals surface area contributed by atoms with E-state index in [0.717, 1.165) is 46.5 Å². The quantitative estimate of drug-likeness (QED) is 0.724. The maximum atomic E-state index is 9.26. The molecule has 148 valence electrons. The Balaban J connectivity index is 1.62. The number of hydrogen-bond acceptors (Lipinski definition) is 6. The van der Waals surface area contributed by atoms with Gasteiger partial charge in [0, 0.05) is 42.1 Å². The van der Waals surface area contributed by atoms with E-state index in [0.29, 0.717) is 18.2 Å². The number of likely N-dealkylation sites (N-methyl/N-ethyl adjacent to an activating group) is 1. The zero-order valence-corrected chi connectivity index (χ0v) is 17.4. The molecular weight excluding hydrogens is 360 g/mol. The van der Waals surface area contributed by atoms with Gasteiger partial charge in [0.25, 0.3) is 0 Å². The molecule has 0 aliphatic carbocycles. The summed E-state index contributed by atoms with van der Waals surface area (Å²) in [4.78, 5) is 4.67. The molecule has 0 atom stereocenters. The van der Waals surface area contributed by atoms with Gasteiger partial charge in [0.15, 0.2) is 5.82 Å². The van der Waals surface area contributed by atoms with Crippen LogP contribution in [0.2, 0.25) is 0 Å². The number of nitrogens with one attached hydrogen (secondary N) is 1. The van der Waals surface area contributed by atoms with Crippen molar-refractivity contribution in [3.05, 3.63) is 58.8 Å². The minimum atomic E-state index is 0.602. The Bertz CT molecular complexity index is 1090. The molecule has 0 saturated carbocycles. The average molecular weight is 387 g/mol. The standard InChI is InChI=1S/C23H26N6/c1-15-17(11-24)6-5-7-18(15)12-25-23-22-10-19(29-13-20(14-29)28(3)4)8-9-21(22)16(2)26-27-23/h5-10,20H,12-14H2,1-4H3,(H,25,27). The lowest BCUT2D eigenvalue weighted by Crippen LogP contribution is -2.57. The van der Waals surface area contributed by atoms with Crippen molar-refractivity contribution in [1.29, 1.82) is 5.26 Å². The number of fused-ring (bicyclic) bond motifs is 1. The molecule has 1 aliphatic heterocycles. The van der Waals surface area contributed by atoms with Gasteiger partial charge in [-0.15, -0.1) is 5.10 Å². The highest BCUT2D eigenvalue weighted by Crippen LogP contribution is 2.31. The molecule has 0 amide bonds. The van der Waals surface area contributed by atoms with Crippen LogP contribution in [0, 0.1) is 25.2 Å². The molecule has 1 N–H and O–H groups in total. The molecule has 29 heavy (non-hydrogen) atoms. The van der Waals surface area contributed by atoms with Gasteiger partial charge in [-0.3, -0.25) is 0 Å². The van der Waals surface area contributed by atoms with Crippen LogP contribution in [-0.4, -0.2) is 48.3 Å². The molecule has 3 aromatic rings. The van der Waals surface area contributed by atoms with Crippen molar-refractivity contribution in [3.8, 4) is 6.07 Å². The Hall–Kier alpha value is -3.17. The number of anilines is 2. The van der Waals surface area contributed by atoms with Crippen LogP contribution in [0.15, 0.2) is 36.4 Å². The van der Waals surface area contributed by atoms with Gasteiger partial charge in [-0.25, -0.2) is 0 Å². The summed E-state index contributed by atoms with van der Waals surface area (Å²) in [6, 6.07) is 15.2. The van der Waals surface area contributed by atoms with Gasteiger partial charge in [-0.05, 0) is 57.3 Å². The number of nitrogens with zero attached hydrogens (tertiary/aromatic N) is 5. The topological polar surface area (TPSA) is 68.1 Å². The first kappa shape index (κ1) is 19.2. The second-order valence-corrected chi connectivity index (χ2v) is 7.94. The SMILES string of the molecule is Cc1c(C#N)cccc1CNc1nnc(C)c2ccc(N3CC(N(C)C)C3)cc12. The van der Waals surface area contributed by atoms with Gasteiger partial charge >= 0.3 is 0 Å². The average Bonchev–Trinajstić information content (AvgIpc) is 2.67. The number of aryl methyl sites for hydroxylation is 1. The van der Waals surface area contributed by atoms with Crippen LogP contribution in [0.5, 0.6) is 0 Å². The van der Waals surface area contributed by atoms with Crippen molar-refractivity contribution in [2.75, 3.05) is 37.4 Å². The highest BCUT2D eigenvalue weighted by molar-refractivity contribution is 5.95. The predicted molar refractivity (Wildman–Crippen MR) is 117 cm³/mol. The molecule has 2 heterocycles. The van der Waals surface area contributed by atoms with Crippen molar-refractivity contribution < 1.29 is 0 Å². The van der Waals surface area contributed by atoms with Gasteiger partial charge in [0.2, 0.25) is 0 Å². The molecule has 0 spiro atoms. The summed E-state index contributed by atoms with van der Waals surface area (Å²) in [6.45, 7) is 6.66. The number of nitriles is 1. The minimum Gasteiger partial charge on any atom is -0.368 e. The third-order valence-electron chi connectivity index (χ3n) is 5.92. The third kappa shape index (κ3) is 3.62. The molecule has 1 aliphatic rings. The highest BCUT2D eigenvalue weighted by atomic mass is 15.3. The predicted octanol–water partition coefficient (Wildman–Crippen LogP) is 3.48. The molecule has 1 aromatic heterocycles. The highest BCUT2D eigenvalue weighted by Gasteiger charge is 2.28. The van der Waals surface area contributed by atoms with Crippen molar-refractivity contribution in [2.45, 2.75) is 26.4 Å². The molecule has 0 unspecified atom stereocenters. The molecule has 0 bridgehead atoms. The third-order valence-corrected chi connectivity index (χ3v) is 5.92. The van der Waals surface area contributed by atoms with E-state index in [4.69, 9.17) is 0 Å². The van der Waals surface area contributed by atoms with Crippen molar-refractivity contribution in [3.63, 3.8) is 0 Å². The minimum absolute atomic E-state index is 0.602. The van der Waals surface area contributed by atoms with Gasteiger partial charge in [-0.1, -0.05) is 18.2 Å². The van der Waals surface area contributed by atoms with Crippen LogP contribution in [0.1, 0.15) is 22.4 Å². The summed E-state index contributed by atoms with van der Waals surface area (Å²) < 4.78 is 0. The summed E-state index contributed by atoms with van der Waals surface area (Å²) in [7, 11) is 4.26. The van der Waals surface area contributed by atoms with E-state index in [-0.39, 0.29) is 0 Å². The second kappa shape index (κ2) is 7.69. The van der Waals surface area contributed by atoms with E-state index in [2.05, 4.69) is 63.7 Å². The molecular formula is C23H26N6. The van der Waals surface area contributed by atoms with E-state index < -0.39 is 0 Å². The first-order chi connectivity index (χ1) is 14.0. The maximum absolute atomic E-state index is 9.26. The zero-order valence-electron chi connectivity index (χ0n) is 17.4. The fourth-order valence-electron chi connectivity index (χ4n) is 3.77. The Labute approximate surface area is 171 Å². The van der Waals surface area contributed by atoms with Crippen LogP contribution < -0.4 is 10.2 Å². The number of hydrogen-bond donors (Lipinski definition) is 1. The molecule has 1 saturated heterocycles. The normalized spacial score (nSPS) is 14.1. The Morgan fingerprint density at radius 2 is 1.93 bits per heavy atom. The Morgan fingerprint density at radius 3 is 2.66 bits per heavy atom. The monoisotopic (exact) mass is 386 g/mol. The van der Waals surface area contributed by atoms with E-state index in [9.17, 15) is 5.26 Å². The molecule has 6 nitrogen and oxygen atoms in total. The molecule has 0 radical (unpaired) electrons. The lowest BCUT2D eigenvalue weighted by Gasteiger charge is -2.44. The summed E-state index contributed by atoms with van der Waals surface area (Å²) in [5, 5.41) is 23.7. The number of aromatic nitrogens is 2. The lowest BCUT2D eigenvalue weighted by molar-refractivity contribution is 0.247. The van der Waals surface area contributed by atoms with Crippen molar-refractivity contribution >= 4 is 22.3 Å². The first-order valence-corrected chi connectivity index (χ1v) is 9.89. The van der Waals surface area contributed by atoms with Gasteiger partial charge in [0.05, 0.1) is 17.3 Å². The van der Waals surface area contributed by atoms with Crippen LogP contribution in [0.25, 0.3) is 10.8 Å². The lowest BCUT2D eigenvalue weighted by atomic mass is 10.0. The summed E-state index contributed by atoms with van der Waals surface area (Å²) in [5.74, 6) is 0.777. The molecule has 4 rings (SSSR count). The first-order valence-electron chi connectivity index (χ1n) is 9.89. The largest absolute Gasteiger partial charge is 0.368 e. The second-order valence-electron chi connectivity index (χ2n) is 7.94. The van der Waals surface area contributed by atoms with Crippen molar-refractivity contribution in [2.24, 2.45) is 0 Å². The number of rotatable bonds is 5. The molecule has 1 fully saturated rings. The molecule has 2 aromatic carbocycles. The van der Waals surface area contributed by atoms with E-state index in [1.54, 1.807) is 0 Å². The summed E-state index contributed by atoms with van der Waals surface area (Å²) in [6.07, 6.45) is 0. The van der Waals surface area contributed by atoms with Gasteiger partial charge in [0.1, 0.15) is 0 Å². The Morgan fingerprint density at radius 1 is 1.14 bits per heavy atom. The van der Waals surface area contributed by atoms with Crippen molar-refractivity contribution in [1.82, 2.24) is 15.1 Å². The molecule has 6 heteroatoms. The van der Waals surface area contributed by atoms with Gasteiger partial charge in [-0.2, -0.15) is 10.4 Å². The Kier molecular flexibility index (Phi) is 5.08. The smallest absolute Gasteiger partial charge is 0.156 e. The summed E-state index contributed by atoms with van der Waals surface area (Å²) in [5.41, 5.74) is 4.94. The van der Waals surface area contributed by atoms with Gasteiger partial charge < -0.3 is 15.1 Å². The van der Waals surface area contributed by atoms with Crippen LogP contribution in [0.4, 0.5) is 11.5 Å². The fourth-order valence-corrected chi connectivity index (χ4v) is 3.77. The van der Waals surface area contributed by atoms with Crippen LogP contribution >= 0.6 is 0 Å². The van der Waals surface area contributed by atoms with Crippen LogP contribution in [0.3, 0.4) is 0 Å². The number of benzene rings is 2.